The van der Waals surface area contributed by atoms with Crippen LogP contribution in [-0.4, -0.2) is 23.0 Å². The lowest BCUT2D eigenvalue weighted by molar-refractivity contribution is -0.139. The first-order chi connectivity index (χ1) is 8.45. The van der Waals surface area contributed by atoms with Crippen LogP contribution in [0.25, 0.3) is 0 Å². The number of carboxylic acids is 1. The van der Waals surface area contributed by atoms with Crippen LogP contribution < -0.4 is 5.32 Å². The van der Waals surface area contributed by atoms with Gasteiger partial charge in [0, 0.05) is 4.47 Å². The molecule has 6 heteroatoms. The number of carboxylic acid groups (broad SMARTS) is 1. The smallest absolute Gasteiger partial charge is 0.326 e. The van der Waals surface area contributed by atoms with Crippen LogP contribution in [-0.2, 0) is 4.79 Å². The molecule has 1 aromatic rings. The van der Waals surface area contributed by atoms with Gasteiger partial charge >= 0.3 is 5.97 Å². The number of amides is 1. The van der Waals surface area contributed by atoms with Gasteiger partial charge in [0.1, 0.15) is 6.04 Å². The van der Waals surface area contributed by atoms with E-state index in [2.05, 4.69) is 21.2 Å². The van der Waals surface area contributed by atoms with E-state index in [-0.39, 0.29) is 10.6 Å². The minimum absolute atomic E-state index is 0.266. The van der Waals surface area contributed by atoms with Crippen molar-refractivity contribution in [3.63, 3.8) is 0 Å². The number of hydrogen-bond acceptors (Lipinski definition) is 2. The number of carbonyl (C=O) groups excluding carboxylic acids is 1. The molecular formula is C12H13BrClNO3. The van der Waals surface area contributed by atoms with Gasteiger partial charge in [0.2, 0.25) is 0 Å². The molecule has 0 aromatic heterocycles. The molecule has 0 fully saturated rings. The van der Waals surface area contributed by atoms with Crippen molar-refractivity contribution in [2.24, 2.45) is 0 Å². The Morgan fingerprint density at radius 3 is 2.67 bits per heavy atom. The zero-order valence-electron chi connectivity index (χ0n) is 9.74. The van der Waals surface area contributed by atoms with E-state index in [1.807, 2.05) is 6.92 Å². The molecule has 1 aromatic carbocycles. The average Bonchev–Trinajstić information content (AvgIpc) is 2.27. The summed E-state index contributed by atoms with van der Waals surface area (Å²) in [6, 6.07) is 3.93. The molecule has 2 N–H and O–H groups in total. The fourth-order valence-electron chi connectivity index (χ4n) is 1.46. The van der Waals surface area contributed by atoms with Crippen LogP contribution >= 0.6 is 27.5 Å². The Kier molecular flexibility index (Phi) is 5.62. The summed E-state index contributed by atoms with van der Waals surface area (Å²) in [6.45, 7) is 1.86. The van der Waals surface area contributed by atoms with E-state index in [0.717, 1.165) is 4.47 Å². The van der Waals surface area contributed by atoms with Gasteiger partial charge in [-0.2, -0.15) is 0 Å². The van der Waals surface area contributed by atoms with Crippen molar-refractivity contribution in [1.29, 1.82) is 0 Å². The SMILES string of the molecule is CCCC(NC(=O)c1ccc(Br)cc1Cl)C(=O)O. The first-order valence-corrected chi connectivity index (χ1v) is 6.61. The Morgan fingerprint density at radius 1 is 1.50 bits per heavy atom. The molecule has 0 heterocycles. The lowest BCUT2D eigenvalue weighted by Gasteiger charge is -2.14. The van der Waals surface area contributed by atoms with Crippen molar-refractivity contribution in [3.05, 3.63) is 33.3 Å². The molecule has 0 saturated carbocycles. The summed E-state index contributed by atoms with van der Waals surface area (Å²) in [4.78, 5) is 22.8. The zero-order chi connectivity index (χ0) is 13.7. The number of aliphatic carboxylic acids is 1. The highest BCUT2D eigenvalue weighted by atomic mass is 79.9. The second-order valence-electron chi connectivity index (χ2n) is 3.78. The molecule has 0 aliphatic heterocycles. The summed E-state index contributed by atoms with van der Waals surface area (Å²) in [5, 5.41) is 11.7. The van der Waals surface area contributed by atoms with E-state index in [1.165, 1.54) is 0 Å². The van der Waals surface area contributed by atoms with Crippen LogP contribution in [0.4, 0.5) is 0 Å². The second-order valence-corrected chi connectivity index (χ2v) is 5.10. The van der Waals surface area contributed by atoms with Crippen LogP contribution in [0.1, 0.15) is 30.1 Å². The monoisotopic (exact) mass is 333 g/mol. The van der Waals surface area contributed by atoms with Gasteiger partial charge in [-0.25, -0.2) is 4.79 Å². The summed E-state index contributed by atoms with van der Waals surface area (Å²) in [5.74, 6) is -1.52. The molecule has 0 spiro atoms. The van der Waals surface area contributed by atoms with Crippen LogP contribution in [0.5, 0.6) is 0 Å². The van der Waals surface area contributed by atoms with Gasteiger partial charge in [0.15, 0.2) is 0 Å². The number of benzene rings is 1. The summed E-state index contributed by atoms with van der Waals surface area (Å²) >= 11 is 9.16. The molecular weight excluding hydrogens is 321 g/mol. The van der Waals surface area contributed by atoms with E-state index in [0.29, 0.717) is 12.8 Å². The third-order valence-electron chi connectivity index (χ3n) is 2.36. The van der Waals surface area contributed by atoms with Gasteiger partial charge < -0.3 is 10.4 Å². The molecule has 1 amide bonds. The molecule has 98 valence electrons. The van der Waals surface area contributed by atoms with E-state index in [4.69, 9.17) is 16.7 Å². The van der Waals surface area contributed by atoms with Gasteiger partial charge in [0.25, 0.3) is 5.91 Å². The maximum atomic E-state index is 11.9. The van der Waals surface area contributed by atoms with E-state index < -0.39 is 17.9 Å². The van der Waals surface area contributed by atoms with Crippen molar-refractivity contribution >= 4 is 39.4 Å². The molecule has 4 nitrogen and oxygen atoms in total. The van der Waals surface area contributed by atoms with Crippen molar-refractivity contribution < 1.29 is 14.7 Å². The topological polar surface area (TPSA) is 66.4 Å². The van der Waals surface area contributed by atoms with Crippen LogP contribution in [0.3, 0.4) is 0 Å². The summed E-state index contributed by atoms with van der Waals surface area (Å²) < 4.78 is 0.757. The van der Waals surface area contributed by atoms with Crippen molar-refractivity contribution in [2.45, 2.75) is 25.8 Å². The van der Waals surface area contributed by atoms with Crippen molar-refractivity contribution in [3.8, 4) is 0 Å². The van der Waals surface area contributed by atoms with Gasteiger partial charge in [-0.05, 0) is 24.6 Å². The highest BCUT2D eigenvalue weighted by Crippen LogP contribution is 2.21. The Morgan fingerprint density at radius 2 is 2.17 bits per heavy atom. The van der Waals surface area contributed by atoms with Gasteiger partial charge in [-0.15, -0.1) is 0 Å². The molecule has 0 aliphatic rings. The number of rotatable bonds is 5. The van der Waals surface area contributed by atoms with E-state index in [1.54, 1.807) is 18.2 Å². The normalized spacial score (nSPS) is 11.9. The fourth-order valence-corrected chi connectivity index (χ4v) is 2.21. The molecule has 0 saturated heterocycles. The van der Waals surface area contributed by atoms with Crippen molar-refractivity contribution in [1.82, 2.24) is 5.32 Å². The molecule has 18 heavy (non-hydrogen) atoms. The standard InChI is InChI=1S/C12H13BrClNO3/c1-2-3-10(12(17)18)15-11(16)8-5-4-7(13)6-9(8)14/h4-6,10H,2-3H2,1H3,(H,15,16)(H,17,18). The lowest BCUT2D eigenvalue weighted by Crippen LogP contribution is -2.40. The molecule has 0 aliphatic carbocycles. The summed E-state index contributed by atoms with van der Waals surface area (Å²) in [6.07, 6.45) is 1.06. The third kappa shape index (κ3) is 3.99. The minimum Gasteiger partial charge on any atom is -0.480 e. The quantitative estimate of drug-likeness (QED) is 0.869. The van der Waals surface area contributed by atoms with Gasteiger partial charge in [-0.3, -0.25) is 4.79 Å². The van der Waals surface area contributed by atoms with Crippen LogP contribution in [0, 0.1) is 0 Å². The predicted molar refractivity (Wildman–Crippen MR) is 73.0 cm³/mol. The lowest BCUT2D eigenvalue weighted by atomic mass is 10.1. The van der Waals surface area contributed by atoms with Crippen LogP contribution in [0.15, 0.2) is 22.7 Å². The van der Waals surface area contributed by atoms with Gasteiger partial charge in [0.05, 0.1) is 10.6 Å². The maximum Gasteiger partial charge on any atom is 0.326 e. The number of halogens is 2. The minimum atomic E-state index is -1.04. The molecule has 1 unspecified atom stereocenters. The number of carbonyl (C=O) groups is 2. The van der Waals surface area contributed by atoms with Crippen molar-refractivity contribution in [2.75, 3.05) is 0 Å². The Labute approximate surface area is 118 Å². The van der Waals surface area contributed by atoms with Gasteiger partial charge in [-0.1, -0.05) is 40.9 Å². The molecule has 0 bridgehead atoms. The third-order valence-corrected chi connectivity index (χ3v) is 3.16. The average molecular weight is 335 g/mol. The largest absolute Gasteiger partial charge is 0.480 e. The van der Waals surface area contributed by atoms with Crippen LogP contribution in [0.2, 0.25) is 5.02 Å². The number of hydrogen-bond donors (Lipinski definition) is 2. The summed E-state index contributed by atoms with van der Waals surface area (Å²) in [5.41, 5.74) is 0.266. The van der Waals surface area contributed by atoms with E-state index >= 15 is 0 Å². The summed E-state index contributed by atoms with van der Waals surface area (Å²) in [7, 11) is 0. The maximum absolute atomic E-state index is 11.9. The molecule has 1 atom stereocenters. The first kappa shape index (κ1) is 15.0. The second kappa shape index (κ2) is 6.75. The zero-order valence-corrected chi connectivity index (χ0v) is 12.1. The Hall–Kier alpha value is -1.07. The fraction of sp³-hybridized carbons (Fsp3) is 0.333. The Balaban J connectivity index is 2.83. The first-order valence-electron chi connectivity index (χ1n) is 5.44. The molecule has 1 rings (SSSR count). The van der Waals surface area contributed by atoms with E-state index in [9.17, 15) is 9.59 Å². The number of nitrogens with one attached hydrogen (secondary N) is 1. The highest BCUT2D eigenvalue weighted by Gasteiger charge is 2.20. The highest BCUT2D eigenvalue weighted by molar-refractivity contribution is 9.10. The molecule has 0 radical (unpaired) electrons. The Bertz CT molecular complexity index is 465. The predicted octanol–water partition coefficient (Wildman–Crippen LogP) is 3.09.